The van der Waals surface area contributed by atoms with Crippen molar-refractivity contribution in [1.29, 1.82) is 0 Å². The average molecular weight is 430 g/mol. The van der Waals surface area contributed by atoms with E-state index in [0.717, 1.165) is 35.6 Å². The summed E-state index contributed by atoms with van der Waals surface area (Å²) in [7, 11) is 0. The van der Waals surface area contributed by atoms with Crippen LogP contribution < -0.4 is 10.1 Å². The number of nitrogens with zero attached hydrogens (tertiary/aromatic N) is 2. The van der Waals surface area contributed by atoms with Gasteiger partial charge in [0.1, 0.15) is 19.0 Å². The minimum absolute atomic E-state index is 0.0784. The highest BCUT2D eigenvalue weighted by Gasteiger charge is 2.16. The van der Waals surface area contributed by atoms with E-state index < -0.39 is 0 Å². The highest BCUT2D eigenvalue weighted by Crippen LogP contribution is 2.27. The molecular formula is C26H27N3O3. The van der Waals surface area contributed by atoms with E-state index in [1.54, 1.807) is 6.92 Å². The van der Waals surface area contributed by atoms with Crippen LogP contribution in [0.3, 0.4) is 0 Å². The molecule has 2 aromatic heterocycles. The minimum Gasteiger partial charge on any atom is -0.485 e. The van der Waals surface area contributed by atoms with Gasteiger partial charge < -0.3 is 14.8 Å². The van der Waals surface area contributed by atoms with Gasteiger partial charge in [0.2, 0.25) is 0 Å². The zero-order valence-electron chi connectivity index (χ0n) is 18.2. The summed E-state index contributed by atoms with van der Waals surface area (Å²) >= 11 is 0. The third-order valence-corrected chi connectivity index (χ3v) is 5.12. The normalized spacial score (nSPS) is 10.8. The molecule has 4 aromatic rings. The predicted molar refractivity (Wildman–Crippen MR) is 125 cm³/mol. The molecule has 32 heavy (non-hydrogen) atoms. The van der Waals surface area contributed by atoms with Crippen molar-refractivity contribution in [3.63, 3.8) is 0 Å². The summed E-state index contributed by atoms with van der Waals surface area (Å²) in [6, 6.07) is 24.2. The molecule has 2 aromatic carbocycles. The second-order valence-electron chi connectivity index (χ2n) is 7.39. The smallest absolute Gasteiger partial charge is 0.325 e. The Labute approximate surface area is 187 Å². The molecule has 0 fully saturated rings. The number of fused-ring (bicyclic) bond motifs is 1. The first-order valence-corrected chi connectivity index (χ1v) is 10.8. The largest absolute Gasteiger partial charge is 0.485 e. The van der Waals surface area contributed by atoms with E-state index in [1.165, 1.54) is 5.56 Å². The third kappa shape index (κ3) is 5.27. The Morgan fingerprint density at radius 3 is 2.38 bits per heavy atom. The summed E-state index contributed by atoms with van der Waals surface area (Å²) in [4.78, 5) is 16.8. The maximum Gasteiger partial charge on any atom is 0.325 e. The number of aryl methyl sites for hydroxylation is 2. The van der Waals surface area contributed by atoms with Crippen LogP contribution in [-0.4, -0.2) is 28.5 Å². The van der Waals surface area contributed by atoms with E-state index in [9.17, 15) is 4.79 Å². The van der Waals surface area contributed by atoms with Crippen LogP contribution in [-0.2, 0) is 29.0 Å². The van der Waals surface area contributed by atoms with Gasteiger partial charge in [-0.15, -0.1) is 0 Å². The lowest BCUT2D eigenvalue weighted by Crippen LogP contribution is -2.18. The first kappa shape index (κ1) is 21.4. The molecule has 6 nitrogen and oxygen atoms in total. The van der Waals surface area contributed by atoms with E-state index in [-0.39, 0.29) is 12.5 Å². The van der Waals surface area contributed by atoms with Crippen LogP contribution in [0.15, 0.2) is 79.0 Å². The summed E-state index contributed by atoms with van der Waals surface area (Å²) in [6.45, 7) is 2.69. The number of benzene rings is 2. The van der Waals surface area contributed by atoms with E-state index in [1.807, 2.05) is 71.3 Å². The Hall–Kier alpha value is -3.80. The summed E-state index contributed by atoms with van der Waals surface area (Å²) in [6.07, 6.45) is 3.51. The van der Waals surface area contributed by atoms with Gasteiger partial charge in [0.15, 0.2) is 11.4 Å². The van der Waals surface area contributed by atoms with Crippen LogP contribution in [0.5, 0.6) is 5.75 Å². The number of nitrogens with one attached hydrogen (secondary N) is 1. The fraction of sp³-hybridized carbons (Fsp3) is 0.231. The molecule has 0 aliphatic heterocycles. The van der Waals surface area contributed by atoms with Gasteiger partial charge in [0, 0.05) is 6.20 Å². The molecule has 0 saturated carbocycles. The van der Waals surface area contributed by atoms with Gasteiger partial charge in [-0.3, -0.25) is 9.20 Å². The van der Waals surface area contributed by atoms with Gasteiger partial charge in [-0.2, -0.15) is 0 Å². The van der Waals surface area contributed by atoms with Crippen LogP contribution in [0, 0.1) is 0 Å². The van der Waals surface area contributed by atoms with Crippen LogP contribution >= 0.6 is 0 Å². The van der Waals surface area contributed by atoms with Crippen LogP contribution in [0.4, 0.5) is 5.82 Å². The van der Waals surface area contributed by atoms with E-state index in [0.29, 0.717) is 19.0 Å². The van der Waals surface area contributed by atoms with Crippen LogP contribution in [0.25, 0.3) is 5.65 Å². The fourth-order valence-electron chi connectivity index (χ4n) is 3.57. The van der Waals surface area contributed by atoms with Gasteiger partial charge in [-0.25, -0.2) is 4.98 Å². The number of hydrogen-bond acceptors (Lipinski definition) is 5. The first-order valence-electron chi connectivity index (χ1n) is 10.8. The van der Waals surface area contributed by atoms with Crippen LogP contribution in [0.2, 0.25) is 0 Å². The molecule has 164 valence electrons. The van der Waals surface area contributed by atoms with Crippen molar-refractivity contribution in [1.82, 2.24) is 9.38 Å². The Kier molecular flexibility index (Phi) is 7.02. The van der Waals surface area contributed by atoms with Crippen molar-refractivity contribution in [2.24, 2.45) is 0 Å². The number of rotatable bonds is 10. The SMILES string of the molecule is CCOC(=O)CNc1c(CCc2ccccc2)nc2c(OCc3ccccc3)cccn12. The number of aromatic nitrogens is 2. The van der Waals surface area contributed by atoms with Gasteiger partial charge in [-0.05, 0) is 43.0 Å². The maximum atomic E-state index is 12.0. The van der Waals surface area contributed by atoms with Crippen molar-refractivity contribution in [3.05, 3.63) is 95.8 Å². The molecule has 0 radical (unpaired) electrons. The molecule has 0 saturated heterocycles. The molecule has 0 spiro atoms. The number of carbonyl (C=O) groups excluding carboxylic acids is 1. The molecule has 0 amide bonds. The van der Waals surface area contributed by atoms with E-state index in [4.69, 9.17) is 14.5 Å². The molecular weight excluding hydrogens is 402 g/mol. The molecule has 0 bridgehead atoms. The quantitative estimate of drug-likeness (QED) is 0.371. The average Bonchev–Trinajstić information content (AvgIpc) is 3.19. The molecule has 1 N–H and O–H groups in total. The topological polar surface area (TPSA) is 64.9 Å². The summed E-state index contributed by atoms with van der Waals surface area (Å²) in [5.74, 6) is 1.18. The van der Waals surface area contributed by atoms with Crippen molar-refractivity contribution >= 4 is 17.4 Å². The Balaban J connectivity index is 1.61. The molecule has 6 heteroatoms. The Bertz CT molecular complexity index is 1160. The number of anilines is 1. The molecule has 0 aliphatic rings. The fourth-order valence-corrected chi connectivity index (χ4v) is 3.57. The van der Waals surface area contributed by atoms with Gasteiger partial charge >= 0.3 is 5.97 Å². The minimum atomic E-state index is -0.298. The highest BCUT2D eigenvalue weighted by atomic mass is 16.5. The molecule has 0 atom stereocenters. The van der Waals surface area contributed by atoms with Gasteiger partial charge in [0.25, 0.3) is 0 Å². The number of carbonyl (C=O) groups is 1. The van der Waals surface area contributed by atoms with Gasteiger partial charge in [0.05, 0.1) is 12.3 Å². The summed E-state index contributed by atoms with van der Waals surface area (Å²) < 4.78 is 13.1. The van der Waals surface area contributed by atoms with Gasteiger partial charge in [-0.1, -0.05) is 60.7 Å². The Morgan fingerprint density at radius 1 is 0.938 bits per heavy atom. The molecule has 0 unspecified atom stereocenters. The lowest BCUT2D eigenvalue weighted by molar-refractivity contribution is -0.140. The third-order valence-electron chi connectivity index (χ3n) is 5.12. The standard InChI is InChI=1S/C26H27N3O3/c1-2-31-24(30)18-27-25-22(16-15-20-10-5-3-6-11-20)28-26-23(14-9-17-29(25)26)32-19-21-12-7-4-8-13-21/h3-14,17,27H,2,15-16,18-19H2,1H3. The number of hydrogen-bond donors (Lipinski definition) is 1. The van der Waals surface area contributed by atoms with Crippen molar-refractivity contribution in [3.8, 4) is 5.75 Å². The number of imidazole rings is 1. The maximum absolute atomic E-state index is 12.0. The second kappa shape index (κ2) is 10.5. The molecule has 2 heterocycles. The monoisotopic (exact) mass is 429 g/mol. The number of ether oxygens (including phenoxy) is 2. The zero-order chi connectivity index (χ0) is 22.2. The summed E-state index contributed by atoms with van der Waals surface area (Å²) in [5, 5.41) is 3.23. The van der Waals surface area contributed by atoms with Crippen LogP contribution in [0.1, 0.15) is 23.7 Å². The predicted octanol–water partition coefficient (Wildman–Crippen LogP) is 4.67. The Morgan fingerprint density at radius 2 is 1.66 bits per heavy atom. The first-order chi connectivity index (χ1) is 15.7. The van der Waals surface area contributed by atoms with Crippen molar-refractivity contribution in [2.45, 2.75) is 26.4 Å². The lowest BCUT2D eigenvalue weighted by Gasteiger charge is -2.10. The molecule has 0 aliphatic carbocycles. The van der Waals surface area contributed by atoms with E-state index in [2.05, 4.69) is 17.4 Å². The molecule has 4 rings (SSSR count). The number of pyridine rings is 1. The zero-order valence-corrected chi connectivity index (χ0v) is 18.2. The number of esters is 1. The summed E-state index contributed by atoms with van der Waals surface area (Å²) in [5.41, 5.74) is 3.93. The second-order valence-corrected chi connectivity index (χ2v) is 7.39. The highest BCUT2D eigenvalue weighted by molar-refractivity contribution is 5.75. The van der Waals surface area contributed by atoms with Crippen molar-refractivity contribution < 1.29 is 14.3 Å². The lowest BCUT2D eigenvalue weighted by atomic mass is 10.1. The van der Waals surface area contributed by atoms with Crippen molar-refractivity contribution in [2.75, 3.05) is 18.5 Å². The van der Waals surface area contributed by atoms with E-state index >= 15 is 0 Å².